The van der Waals surface area contributed by atoms with E-state index in [1.807, 2.05) is 0 Å². The number of rotatable bonds is 6. The van der Waals surface area contributed by atoms with Crippen LogP contribution in [0.4, 0.5) is 4.39 Å². The minimum atomic E-state index is -0.549. The van der Waals surface area contributed by atoms with E-state index in [-0.39, 0.29) is 24.7 Å². The first-order chi connectivity index (χ1) is 8.13. The summed E-state index contributed by atoms with van der Waals surface area (Å²) in [5, 5.41) is 2.74. The molecular weight excluding hydrogens is 225 g/mol. The average Bonchev–Trinajstić information content (AvgIpc) is 2.31. The van der Waals surface area contributed by atoms with Gasteiger partial charge in [-0.2, -0.15) is 0 Å². The van der Waals surface area contributed by atoms with Gasteiger partial charge < -0.3 is 14.8 Å². The second-order valence-corrected chi connectivity index (χ2v) is 3.53. The number of methoxy groups -OCH3 is 2. The fourth-order valence-corrected chi connectivity index (χ4v) is 1.54. The van der Waals surface area contributed by atoms with Crippen molar-refractivity contribution >= 4 is 5.78 Å². The van der Waals surface area contributed by atoms with Gasteiger partial charge in [0.1, 0.15) is 0 Å². The van der Waals surface area contributed by atoms with Gasteiger partial charge in [-0.15, -0.1) is 0 Å². The molecule has 0 unspecified atom stereocenters. The predicted octanol–water partition coefficient (Wildman–Crippen LogP) is 1.38. The standard InChI is InChI=1S/C12H16FNO3/c1-14-6-11(15)9-5-10(13)12(17-3)4-8(9)7-16-2/h4-5,14H,6-7H2,1-3H3. The second kappa shape index (κ2) is 6.32. The molecule has 1 aromatic rings. The van der Waals surface area contributed by atoms with E-state index in [1.54, 1.807) is 7.05 Å². The first kappa shape index (κ1) is 13.6. The molecule has 0 radical (unpaired) electrons. The number of likely N-dealkylation sites (N-methyl/N-ethyl adjacent to an activating group) is 1. The Morgan fingerprint density at radius 3 is 2.65 bits per heavy atom. The zero-order valence-electron chi connectivity index (χ0n) is 10.2. The maximum atomic E-state index is 13.5. The number of hydrogen-bond donors (Lipinski definition) is 1. The maximum Gasteiger partial charge on any atom is 0.177 e. The number of carbonyl (C=O) groups excluding carboxylic acids is 1. The van der Waals surface area contributed by atoms with Crippen molar-refractivity contribution in [2.45, 2.75) is 6.61 Å². The van der Waals surface area contributed by atoms with Gasteiger partial charge in [0.05, 0.1) is 20.3 Å². The van der Waals surface area contributed by atoms with Crippen molar-refractivity contribution in [2.75, 3.05) is 27.8 Å². The molecule has 0 atom stereocenters. The van der Waals surface area contributed by atoms with Crippen LogP contribution in [0.15, 0.2) is 12.1 Å². The van der Waals surface area contributed by atoms with Crippen molar-refractivity contribution in [3.8, 4) is 5.75 Å². The zero-order chi connectivity index (χ0) is 12.8. The van der Waals surface area contributed by atoms with Crippen LogP contribution >= 0.6 is 0 Å². The highest BCUT2D eigenvalue weighted by Crippen LogP contribution is 2.23. The summed E-state index contributed by atoms with van der Waals surface area (Å²) in [5.41, 5.74) is 0.936. The summed E-state index contributed by atoms with van der Waals surface area (Å²) in [7, 11) is 4.56. The minimum absolute atomic E-state index is 0.109. The van der Waals surface area contributed by atoms with E-state index in [9.17, 15) is 9.18 Å². The Morgan fingerprint density at radius 1 is 1.41 bits per heavy atom. The van der Waals surface area contributed by atoms with E-state index in [2.05, 4.69) is 5.32 Å². The van der Waals surface area contributed by atoms with Crippen molar-refractivity contribution in [3.63, 3.8) is 0 Å². The third-order valence-corrected chi connectivity index (χ3v) is 2.32. The molecule has 5 heteroatoms. The van der Waals surface area contributed by atoms with Gasteiger partial charge in [0.15, 0.2) is 17.3 Å². The van der Waals surface area contributed by atoms with Gasteiger partial charge in [-0.1, -0.05) is 0 Å². The summed E-state index contributed by atoms with van der Waals surface area (Å²) in [6.07, 6.45) is 0. The van der Waals surface area contributed by atoms with Gasteiger partial charge in [0.2, 0.25) is 0 Å². The van der Waals surface area contributed by atoms with E-state index in [0.29, 0.717) is 11.1 Å². The summed E-state index contributed by atoms with van der Waals surface area (Å²) in [6.45, 7) is 0.393. The summed E-state index contributed by atoms with van der Waals surface area (Å²) in [4.78, 5) is 11.8. The van der Waals surface area contributed by atoms with Crippen molar-refractivity contribution in [3.05, 3.63) is 29.1 Å². The van der Waals surface area contributed by atoms with Crippen LogP contribution in [0.5, 0.6) is 5.75 Å². The van der Waals surface area contributed by atoms with Gasteiger partial charge in [-0.05, 0) is 24.7 Å². The van der Waals surface area contributed by atoms with Crippen LogP contribution < -0.4 is 10.1 Å². The molecule has 0 fully saturated rings. The minimum Gasteiger partial charge on any atom is -0.494 e. The van der Waals surface area contributed by atoms with Gasteiger partial charge >= 0.3 is 0 Å². The van der Waals surface area contributed by atoms with Gasteiger partial charge in [0.25, 0.3) is 0 Å². The van der Waals surface area contributed by atoms with Crippen LogP contribution in [0, 0.1) is 5.82 Å². The van der Waals surface area contributed by atoms with Crippen LogP contribution in [0.1, 0.15) is 15.9 Å². The molecule has 94 valence electrons. The molecule has 1 rings (SSSR count). The van der Waals surface area contributed by atoms with Gasteiger partial charge in [0, 0.05) is 12.7 Å². The molecule has 0 aromatic heterocycles. The van der Waals surface area contributed by atoms with E-state index >= 15 is 0 Å². The molecule has 0 aliphatic heterocycles. The Bertz CT molecular complexity index is 407. The zero-order valence-corrected chi connectivity index (χ0v) is 10.2. The van der Waals surface area contributed by atoms with Crippen molar-refractivity contribution < 1.29 is 18.7 Å². The molecule has 0 saturated carbocycles. The summed E-state index contributed by atoms with van der Waals surface area (Å²) < 4.78 is 23.4. The molecule has 1 N–H and O–H groups in total. The van der Waals surface area contributed by atoms with E-state index in [4.69, 9.17) is 9.47 Å². The van der Waals surface area contributed by atoms with Gasteiger partial charge in [-0.3, -0.25) is 4.79 Å². The van der Waals surface area contributed by atoms with E-state index in [0.717, 1.165) is 0 Å². The Hall–Kier alpha value is -1.46. The topological polar surface area (TPSA) is 47.6 Å². The lowest BCUT2D eigenvalue weighted by Crippen LogP contribution is -2.20. The first-order valence-electron chi connectivity index (χ1n) is 5.17. The molecule has 0 amide bonds. The molecule has 0 spiro atoms. The van der Waals surface area contributed by atoms with Crippen molar-refractivity contribution in [1.29, 1.82) is 0 Å². The number of hydrogen-bond acceptors (Lipinski definition) is 4. The summed E-state index contributed by atoms with van der Waals surface area (Å²) in [6, 6.07) is 2.68. The smallest absolute Gasteiger partial charge is 0.177 e. The third kappa shape index (κ3) is 3.25. The molecule has 0 heterocycles. The van der Waals surface area contributed by atoms with Crippen LogP contribution in [-0.4, -0.2) is 33.6 Å². The lowest BCUT2D eigenvalue weighted by atomic mass is 10.0. The number of benzene rings is 1. The number of Topliss-reactive ketones (excluding diaryl/α,β-unsaturated/α-hetero) is 1. The lowest BCUT2D eigenvalue weighted by molar-refractivity contribution is 0.0988. The Labute approximate surface area is 99.7 Å². The quantitative estimate of drug-likeness (QED) is 0.764. The summed E-state index contributed by atoms with van der Waals surface area (Å²) in [5.74, 6) is -0.619. The molecular formula is C12H16FNO3. The van der Waals surface area contributed by atoms with E-state index in [1.165, 1.54) is 26.4 Å². The Kier molecular flexibility index (Phi) is 5.06. The highest BCUT2D eigenvalue weighted by molar-refractivity contribution is 5.99. The highest BCUT2D eigenvalue weighted by Gasteiger charge is 2.15. The molecule has 0 bridgehead atoms. The number of ether oxygens (including phenoxy) is 2. The fourth-order valence-electron chi connectivity index (χ4n) is 1.54. The normalized spacial score (nSPS) is 10.4. The van der Waals surface area contributed by atoms with Gasteiger partial charge in [-0.25, -0.2) is 4.39 Å². The largest absolute Gasteiger partial charge is 0.494 e. The molecule has 17 heavy (non-hydrogen) atoms. The van der Waals surface area contributed by atoms with Crippen molar-refractivity contribution in [2.24, 2.45) is 0 Å². The second-order valence-electron chi connectivity index (χ2n) is 3.53. The Balaban J connectivity index is 3.17. The first-order valence-corrected chi connectivity index (χ1v) is 5.17. The van der Waals surface area contributed by atoms with Crippen LogP contribution in [0.2, 0.25) is 0 Å². The Morgan fingerprint density at radius 2 is 2.12 bits per heavy atom. The predicted molar refractivity (Wildman–Crippen MR) is 61.9 cm³/mol. The fraction of sp³-hybridized carbons (Fsp3) is 0.417. The highest BCUT2D eigenvalue weighted by atomic mass is 19.1. The van der Waals surface area contributed by atoms with Crippen LogP contribution in [0.3, 0.4) is 0 Å². The molecule has 1 aromatic carbocycles. The number of ketones is 1. The monoisotopic (exact) mass is 241 g/mol. The van der Waals surface area contributed by atoms with Crippen LogP contribution in [0.25, 0.3) is 0 Å². The van der Waals surface area contributed by atoms with E-state index < -0.39 is 5.82 Å². The summed E-state index contributed by atoms with van der Waals surface area (Å²) >= 11 is 0. The molecule has 0 aliphatic carbocycles. The average molecular weight is 241 g/mol. The number of nitrogens with one attached hydrogen (secondary N) is 1. The third-order valence-electron chi connectivity index (χ3n) is 2.32. The van der Waals surface area contributed by atoms with Crippen molar-refractivity contribution in [1.82, 2.24) is 5.32 Å². The molecule has 0 saturated heterocycles. The molecule has 4 nitrogen and oxygen atoms in total. The lowest BCUT2D eigenvalue weighted by Gasteiger charge is -2.11. The molecule has 0 aliphatic rings. The SMILES string of the molecule is CNCC(=O)c1cc(F)c(OC)cc1COC. The van der Waals surface area contributed by atoms with Crippen LogP contribution in [-0.2, 0) is 11.3 Å². The number of halogens is 1. The number of carbonyl (C=O) groups is 1. The maximum absolute atomic E-state index is 13.5.